The van der Waals surface area contributed by atoms with Gasteiger partial charge in [0.05, 0.1) is 24.1 Å². The molecule has 1 unspecified atom stereocenters. The minimum atomic E-state index is -1.73. The van der Waals surface area contributed by atoms with Crippen molar-refractivity contribution in [1.29, 1.82) is 0 Å². The number of rotatable bonds is 10. The molecule has 0 aliphatic rings. The number of aromatic nitrogens is 3. The number of carboxylic acid groups (broad SMARTS) is 1. The maximum atomic E-state index is 11.8. The Kier molecular flexibility index (Phi) is 7.20. The number of aliphatic hydroxyl groups excluding tert-OH is 1. The van der Waals surface area contributed by atoms with E-state index in [1.54, 1.807) is 31.2 Å². The second kappa shape index (κ2) is 10.1. The van der Waals surface area contributed by atoms with Gasteiger partial charge in [0.25, 0.3) is 5.69 Å². The minimum absolute atomic E-state index is 0.0589. The quantitative estimate of drug-likeness (QED) is 0.262. The van der Waals surface area contributed by atoms with E-state index in [0.717, 1.165) is 0 Å². The zero-order valence-corrected chi connectivity index (χ0v) is 18.1. The van der Waals surface area contributed by atoms with Crippen LogP contribution in [-0.4, -0.2) is 57.1 Å². The van der Waals surface area contributed by atoms with Crippen LogP contribution < -0.4 is 9.47 Å². The van der Waals surface area contributed by atoms with E-state index in [4.69, 9.17) is 14.2 Å². The number of benzene rings is 2. The average Bonchev–Trinajstić information content (AvgIpc) is 3.21. The second-order valence-corrected chi connectivity index (χ2v) is 7.02. The highest BCUT2D eigenvalue weighted by molar-refractivity contribution is 5.86. The monoisotopic (exact) mass is 458 g/mol. The Morgan fingerprint density at radius 1 is 1.24 bits per heavy atom. The van der Waals surface area contributed by atoms with Gasteiger partial charge in [-0.3, -0.25) is 10.1 Å². The average molecular weight is 458 g/mol. The number of carboxylic acids is 1. The van der Waals surface area contributed by atoms with E-state index in [-0.39, 0.29) is 30.3 Å². The normalized spacial score (nSPS) is 11.8. The van der Waals surface area contributed by atoms with E-state index in [1.165, 1.54) is 31.0 Å². The van der Waals surface area contributed by atoms with Gasteiger partial charge < -0.3 is 24.4 Å². The lowest BCUT2D eigenvalue weighted by atomic mass is 10.00. The number of aromatic carboxylic acids is 1. The molecule has 12 heteroatoms. The SMILES string of the molecule is COCOc1cc(C(O)c2c(C(=O)O)nnn2Cc2ccc(OC)cc2)c([N+](=O)[O-])cc1C. The molecule has 1 aromatic heterocycles. The van der Waals surface area contributed by atoms with Crippen molar-refractivity contribution in [1.82, 2.24) is 15.0 Å². The van der Waals surface area contributed by atoms with Gasteiger partial charge in [0, 0.05) is 13.2 Å². The molecule has 0 radical (unpaired) electrons. The summed E-state index contributed by atoms with van der Waals surface area (Å²) in [6, 6.07) is 9.43. The van der Waals surface area contributed by atoms with Crippen LogP contribution in [0.25, 0.3) is 0 Å². The van der Waals surface area contributed by atoms with E-state index < -0.39 is 28.4 Å². The Bertz CT molecular complexity index is 1160. The molecule has 2 N–H and O–H groups in total. The fourth-order valence-corrected chi connectivity index (χ4v) is 3.25. The third-order valence-electron chi connectivity index (χ3n) is 4.87. The molecule has 12 nitrogen and oxygen atoms in total. The fourth-order valence-electron chi connectivity index (χ4n) is 3.25. The molecule has 0 aliphatic carbocycles. The number of nitro benzene ring substituents is 1. The summed E-state index contributed by atoms with van der Waals surface area (Å²) in [5.74, 6) is -0.569. The van der Waals surface area contributed by atoms with E-state index in [0.29, 0.717) is 16.9 Å². The predicted molar refractivity (Wildman–Crippen MR) is 113 cm³/mol. The molecule has 174 valence electrons. The van der Waals surface area contributed by atoms with Crippen LogP contribution in [0.3, 0.4) is 0 Å². The smallest absolute Gasteiger partial charge is 0.358 e. The van der Waals surface area contributed by atoms with Crippen LogP contribution in [-0.2, 0) is 11.3 Å². The van der Waals surface area contributed by atoms with Crippen LogP contribution in [0, 0.1) is 17.0 Å². The molecule has 0 bridgehead atoms. The van der Waals surface area contributed by atoms with Crippen LogP contribution in [0.2, 0.25) is 0 Å². The Balaban J connectivity index is 2.10. The molecule has 0 spiro atoms. The van der Waals surface area contributed by atoms with Crippen LogP contribution in [0.5, 0.6) is 11.5 Å². The number of nitro groups is 1. The first-order valence-electron chi connectivity index (χ1n) is 9.65. The number of hydrogen-bond acceptors (Lipinski definition) is 9. The van der Waals surface area contributed by atoms with E-state index in [9.17, 15) is 25.1 Å². The maximum absolute atomic E-state index is 11.8. The summed E-state index contributed by atoms with van der Waals surface area (Å²) in [4.78, 5) is 22.8. The van der Waals surface area contributed by atoms with Gasteiger partial charge in [-0.1, -0.05) is 17.3 Å². The molecule has 0 fully saturated rings. The topological polar surface area (TPSA) is 159 Å². The molecule has 2 aromatic carbocycles. The number of nitrogens with zero attached hydrogens (tertiary/aromatic N) is 4. The highest BCUT2D eigenvalue weighted by atomic mass is 16.7. The zero-order valence-electron chi connectivity index (χ0n) is 18.1. The molecule has 0 saturated carbocycles. The van der Waals surface area contributed by atoms with Crippen molar-refractivity contribution in [3.8, 4) is 11.5 Å². The summed E-state index contributed by atoms with van der Waals surface area (Å²) in [7, 11) is 2.94. The highest BCUT2D eigenvalue weighted by Crippen LogP contribution is 2.36. The van der Waals surface area contributed by atoms with E-state index >= 15 is 0 Å². The van der Waals surface area contributed by atoms with Crippen molar-refractivity contribution in [3.63, 3.8) is 0 Å². The lowest BCUT2D eigenvalue weighted by molar-refractivity contribution is -0.386. The first-order valence-corrected chi connectivity index (χ1v) is 9.65. The Morgan fingerprint density at radius 3 is 2.52 bits per heavy atom. The number of aliphatic hydroxyl groups is 1. The number of hydrogen-bond donors (Lipinski definition) is 2. The summed E-state index contributed by atoms with van der Waals surface area (Å²) >= 11 is 0. The predicted octanol–water partition coefficient (Wildman–Crippen LogP) is 2.31. The Hall–Kier alpha value is -4.03. The lowest BCUT2D eigenvalue weighted by Gasteiger charge is -2.17. The molecule has 0 saturated heterocycles. The third-order valence-corrected chi connectivity index (χ3v) is 4.87. The molecular weight excluding hydrogens is 436 g/mol. The van der Waals surface area contributed by atoms with Crippen LogP contribution >= 0.6 is 0 Å². The number of aryl methyl sites for hydroxylation is 1. The Morgan fingerprint density at radius 2 is 1.94 bits per heavy atom. The van der Waals surface area contributed by atoms with Gasteiger partial charge in [-0.25, -0.2) is 9.48 Å². The van der Waals surface area contributed by atoms with Gasteiger partial charge in [-0.2, -0.15) is 0 Å². The zero-order chi connectivity index (χ0) is 24.1. The standard InChI is InChI=1S/C21H22N4O8/c1-12-8-16(25(29)30)15(9-17(12)33-11-31-2)20(26)19-18(21(27)28)22-23-24(19)10-13-4-6-14(32-3)7-5-13/h4-9,20,26H,10-11H2,1-3H3,(H,27,28). The number of ether oxygens (including phenoxy) is 3. The highest BCUT2D eigenvalue weighted by Gasteiger charge is 2.32. The second-order valence-electron chi connectivity index (χ2n) is 7.02. The maximum Gasteiger partial charge on any atom is 0.358 e. The lowest BCUT2D eigenvalue weighted by Crippen LogP contribution is -2.16. The van der Waals surface area contributed by atoms with Gasteiger partial charge in [0.15, 0.2) is 12.5 Å². The van der Waals surface area contributed by atoms with Crippen molar-refractivity contribution in [2.45, 2.75) is 19.6 Å². The van der Waals surface area contributed by atoms with Crippen molar-refractivity contribution in [2.75, 3.05) is 21.0 Å². The first-order chi connectivity index (χ1) is 15.8. The van der Waals surface area contributed by atoms with Crippen LogP contribution in [0.15, 0.2) is 36.4 Å². The third kappa shape index (κ3) is 5.07. The summed E-state index contributed by atoms with van der Waals surface area (Å²) in [5.41, 5.74) is -0.143. The van der Waals surface area contributed by atoms with Crippen molar-refractivity contribution in [2.24, 2.45) is 0 Å². The van der Waals surface area contributed by atoms with Gasteiger partial charge >= 0.3 is 5.97 Å². The van der Waals surface area contributed by atoms with Crippen molar-refractivity contribution >= 4 is 11.7 Å². The van der Waals surface area contributed by atoms with E-state index in [2.05, 4.69) is 10.3 Å². The fraction of sp³-hybridized carbons (Fsp3) is 0.286. The molecule has 33 heavy (non-hydrogen) atoms. The van der Waals surface area contributed by atoms with E-state index in [1.807, 2.05) is 0 Å². The number of methoxy groups -OCH3 is 2. The van der Waals surface area contributed by atoms with Gasteiger partial charge in [-0.05, 0) is 36.2 Å². The van der Waals surface area contributed by atoms with Crippen LogP contribution in [0.1, 0.15) is 39.0 Å². The summed E-state index contributed by atoms with van der Waals surface area (Å²) in [6.07, 6.45) is -1.73. The molecule has 1 atom stereocenters. The Labute approximate surface area is 188 Å². The number of carbonyl (C=O) groups is 1. The van der Waals surface area contributed by atoms with Gasteiger partial charge in [0.2, 0.25) is 0 Å². The first kappa shape index (κ1) is 23.6. The molecular formula is C21H22N4O8. The molecule has 0 aliphatic heterocycles. The summed E-state index contributed by atoms with van der Waals surface area (Å²) in [5, 5.41) is 39.9. The molecule has 1 heterocycles. The van der Waals surface area contributed by atoms with Gasteiger partial charge in [0.1, 0.15) is 23.3 Å². The van der Waals surface area contributed by atoms with Crippen LogP contribution in [0.4, 0.5) is 5.69 Å². The molecule has 3 rings (SSSR count). The minimum Gasteiger partial charge on any atom is -0.497 e. The summed E-state index contributed by atoms with van der Waals surface area (Å²) in [6.45, 7) is 1.54. The molecule has 0 amide bonds. The van der Waals surface area contributed by atoms with Gasteiger partial charge in [-0.15, -0.1) is 5.10 Å². The summed E-state index contributed by atoms with van der Waals surface area (Å²) < 4.78 is 16.6. The van der Waals surface area contributed by atoms with Crippen molar-refractivity contribution < 1.29 is 34.1 Å². The van der Waals surface area contributed by atoms with Crippen molar-refractivity contribution in [3.05, 3.63) is 74.6 Å². The molecule has 3 aromatic rings. The largest absolute Gasteiger partial charge is 0.497 e.